The van der Waals surface area contributed by atoms with Crippen LogP contribution in [0.25, 0.3) is 0 Å². The lowest BCUT2D eigenvalue weighted by Crippen LogP contribution is -2.06. The van der Waals surface area contributed by atoms with Gasteiger partial charge in [0.25, 0.3) is 0 Å². The van der Waals surface area contributed by atoms with Crippen LogP contribution >= 0.6 is 15.9 Å². The number of rotatable bonds is 4. The second-order valence-corrected chi connectivity index (χ2v) is 3.79. The Morgan fingerprint density at radius 3 is 2.06 bits per heavy atom. The van der Waals surface area contributed by atoms with Gasteiger partial charge < -0.3 is 18.9 Å². The van der Waals surface area contributed by atoms with E-state index >= 15 is 0 Å². The maximum Gasteiger partial charge on any atom is 0.341 e. The van der Waals surface area contributed by atoms with Crippen LogP contribution in [0.5, 0.6) is 17.2 Å². The van der Waals surface area contributed by atoms with Crippen LogP contribution in [0.3, 0.4) is 0 Å². The van der Waals surface area contributed by atoms with Crippen LogP contribution in [-0.4, -0.2) is 34.4 Å². The topological polar surface area (TPSA) is 54.0 Å². The highest BCUT2D eigenvalue weighted by Crippen LogP contribution is 2.44. The van der Waals surface area contributed by atoms with Gasteiger partial charge in [-0.05, 0) is 15.9 Å². The molecule has 17 heavy (non-hydrogen) atoms. The zero-order chi connectivity index (χ0) is 13.0. The summed E-state index contributed by atoms with van der Waals surface area (Å²) in [6, 6.07) is 1.51. The molecule has 0 aromatic heterocycles. The number of hydrogen-bond acceptors (Lipinski definition) is 5. The summed E-state index contributed by atoms with van der Waals surface area (Å²) in [6.07, 6.45) is 0. The Morgan fingerprint density at radius 1 is 1.06 bits per heavy atom. The van der Waals surface area contributed by atoms with Gasteiger partial charge in [0.05, 0.1) is 28.4 Å². The van der Waals surface area contributed by atoms with Crippen molar-refractivity contribution in [3.8, 4) is 17.2 Å². The summed E-state index contributed by atoms with van der Waals surface area (Å²) in [7, 11) is 5.74. The summed E-state index contributed by atoms with van der Waals surface area (Å²) in [4.78, 5) is 11.6. The quantitative estimate of drug-likeness (QED) is 0.799. The molecule has 0 atom stereocenters. The van der Waals surface area contributed by atoms with E-state index in [1.807, 2.05) is 0 Å². The molecule has 6 heteroatoms. The normalized spacial score (nSPS) is 9.71. The Morgan fingerprint density at radius 2 is 1.65 bits per heavy atom. The van der Waals surface area contributed by atoms with Crippen molar-refractivity contribution in [3.05, 3.63) is 16.1 Å². The van der Waals surface area contributed by atoms with Gasteiger partial charge in [0, 0.05) is 6.07 Å². The van der Waals surface area contributed by atoms with Gasteiger partial charge in [0.15, 0.2) is 17.2 Å². The fourth-order valence-electron chi connectivity index (χ4n) is 1.39. The van der Waals surface area contributed by atoms with E-state index in [0.717, 1.165) is 0 Å². The average molecular weight is 305 g/mol. The van der Waals surface area contributed by atoms with E-state index in [4.69, 9.17) is 14.2 Å². The number of halogens is 1. The molecule has 1 aromatic rings. The van der Waals surface area contributed by atoms with E-state index in [0.29, 0.717) is 21.7 Å². The molecule has 0 saturated carbocycles. The first-order valence-corrected chi connectivity index (χ1v) is 5.46. The first-order chi connectivity index (χ1) is 8.10. The van der Waals surface area contributed by atoms with Crippen molar-refractivity contribution in [2.24, 2.45) is 0 Å². The first kappa shape index (κ1) is 13.6. The molecular formula is C11H13BrO5. The third-order valence-corrected chi connectivity index (χ3v) is 2.90. The van der Waals surface area contributed by atoms with Crippen molar-refractivity contribution < 1.29 is 23.7 Å². The highest BCUT2D eigenvalue weighted by Gasteiger charge is 2.23. The molecule has 0 amide bonds. The Bertz CT molecular complexity index is 430. The highest BCUT2D eigenvalue weighted by molar-refractivity contribution is 9.10. The van der Waals surface area contributed by atoms with Crippen molar-refractivity contribution in [1.82, 2.24) is 0 Å². The molecule has 0 unspecified atom stereocenters. The Labute approximate surface area is 108 Å². The Balaban J connectivity index is 3.50. The maximum absolute atomic E-state index is 11.6. The van der Waals surface area contributed by atoms with Crippen molar-refractivity contribution in [2.45, 2.75) is 0 Å². The van der Waals surface area contributed by atoms with E-state index in [1.54, 1.807) is 0 Å². The van der Waals surface area contributed by atoms with Crippen LogP contribution in [0.15, 0.2) is 10.5 Å². The molecular weight excluding hydrogens is 292 g/mol. The van der Waals surface area contributed by atoms with Crippen molar-refractivity contribution in [1.29, 1.82) is 0 Å². The summed E-state index contributed by atoms with van der Waals surface area (Å²) >= 11 is 3.30. The molecule has 0 fully saturated rings. The smallest absolute Gasteiger partial charge is 0.341 e. The molecule has 0 radical (unpaired) electrons. The summed E-state index contributed by atoms with van der Waals surface area (Å²) in [5.74, 6) is 0.704. The monoisotopic (exact) mass is 304 g/mol. The van der Waals surface area contributed by atoms with Gasteiger partial charge in [0.2, 0.25) is 0 Å². The molecule has 0 aliphatic carbocycles. The standard InChI is InChI=1S/C11H13BrO5/c1-14-7-5-6(11(13)17-4)9(15-2)8(12)10(7)16-3/h5H,1-4H3. The van der Waals surface area contributed by atoms with E-state index in [2.05, 4.69) is 20.7 Å². The molecule has 0 spiro atoms. The van der Waals surface area contributed by atoms with E-state index in [1.165, 1.54) is 34.5 Å². The minimum atomic E-state index is -0.511. The second kappa shape index (κ2) is 5.77. The largest absolute Gasteiger partial charge is 0.495 e. The molecule has 0 aliphatic heterocycles. The third-order valence-electron chi connectivity index (χ3n) is 2.18. The summed E-state index contributed by atoms with van der Waals surface area (Å²) < 4.78 is 20.6. The van der Waals surface area contributed by atoms with Crippen molar-refractivity contribution >= 4 is 21.9 Å². The molecule has 5 nitrogen and oxygen atoms in total. The second-order valence-electron chi connectivity index (χ2n) is 3.00. The van der Waals surface area contributed by atoms with Gasteiger partial charge in [-0.3, -0.25) is 0 Å². The number of methoxy groups -OCH3 is 4. The predicted molar refractivity (Wildman–Crippen MR) is 65.1 cm³/mol. The first-order valence-electron chi connectivity index (χ1n) is 4.67. The van der Waals surface area contributed by atoms with Crippen LogP contribution in [0.4, 0.5) is 0 Å². The average Bonchev–Trinajstić information content (AvgIpc) is 2.36. The number of hydrogen-bond donors (Lipinski definition) is 0. The lowest BCUT2D eigenvalue weighted by atomic mass is 10.1. The van der Waals surface area contributed by atoms with Gasteiger partial charge >= 0.3 is 5.97 Å². The summed E-state index contributed by atoms with van der Waals surface area (Å²) in [5.41, 5.74) is 0.263. The van der Waals surface area contributed by atoms with Crippen molar-refractivity contribution in [3.63, 3.8) is 0 Å². The fourth-order valence-corrected chi connectivity index (χ4v) is 2.13. The molecule has 94 valence electrons. The summed E-state index contributed by atoms with van der Waals surface area (Å²) in [5, 5.41) is 0. The predicted octanol–water partition coefficient (Wildman–Crippen LogP) is 2.26. The van der Waals surface area contributed by atoms with Gasteiger partial charge in [-0.1, -0.05) is 0 Å². The zero-order valence-corrected chi connectivity index (χ0v) is 11.6. The van der Waals surface area contributed by atoms with E-state index in [9.17, 15) is 4.79 Å². The molecule has 0 heterocycles. The van der Waals surface area contributed by atoms with Crippen LogP contribution in [0.1, 0.15) is 10.4 Å². The van der Waals surface area contributed by atoms with Gasteiger partial charge in [-0.15, -0.1) is 0 Å². The van der Waals surface area contributed by atoms with Crippen LogP contribution in [0.2, 0.25) is 0 Å². The number of benzene rings is 1. The Hall–Kier alpha value is -1.43. The van der Waals surface area contributed by atoms with Gasteiger partial charge in [0.1, 0.15) is 10.0 Å². The van der Waals surface area contributed by atoms with E-state index in [-0.39, 0.29) is 5.56 Å². The molecule has 0 saturated heterocycles. The molecule has 0 bridgehead atoms. The van der Waals surface area contributed by atoms with Crippen LogP contribution in [-0.2, 0) is 4.74 Å². The Kier molecular flexibility index (Phi) is 4.62. The minimum Gasteiger partial charge on any atom is -0.495 e. The minimum absolute atomic E-state index is 0.263. The third kappa shape index (κ3) is 2.46. The molecule has 0 N–H and O–H groups in total. The van der Waals surface area contributed by atoms with Crippen molar-refractivity contribution in [2.75, 3.05) is 28.4 Å². The molecule has 1 aromatic carbocycles. The van der Waals surface area contributed by atoms with Gasteiger partial charge in [-0.25, -0.2) is 4.79 Å². The maximum atomic E-state index is 11.6. The number of ether oxygens (including phenoxy) is 4. The summed E-state index contributed by atoms with van der Waals surface area (Å²) in [6.45, 7) is 0. The van der Waals surface area contributed by atoms with Crippen LogP contribution in [0, 0.1) is 0 Å². The lowest BCUT2D eigenvalue weighted by Gasteiger charge is -2.15. The lowest BCUT2D eigenvalue weighted by molar-refractivity contribution is 0.0596. The van der Waals surface area contributed by atoms with Gasteiger partial charge in [-0.2, -0.15) is 0 Å². The fraction of sp³-hybridized carbons (Fsp3) is 0.364. The molecule has 1 rings (SSSR count). The molecule has 0 aliphatic rings. The highest BCUT2D eigenvalue weighted by atomic mass is 79.9. The number of carbonyl (C=O) groups excluding carboxylic acids is 1. The zero-order valence-electron chi connectivity index (χ0n) is 10.00. The number of esters is 1. The number of carbonyl (C=O) groups is 1. The van der Waals surface area contributed by atoms with E-state index < -0.39 is 5.97 Å². The SMILES string of the molecule is COC(=O)c1cc(OC)c(OC)c(Br)c1OC. The van der Waals surface area contributed by atoms with Crippen LogP contribution < -0.4 is 14.2 Å².